The average Bonchev–Trinajstić information content (AvgIpc) is 2.93. The average molecular weight is 342 g/mol. The van der Waals surface area contributed by atoms with Crippen molar-refractivity contribution in [1.29, 1.82) is 0 Å². The molecule has 1 amide bonds. The molecule has 23 heavy (non-hydrogen) atoms. The van der Waals surface area contributed by atoms with E-state index in [1.165, 1.54) is 33.3 Å². The van der Waals surface area contributed by atoms with Crippen molar-refractivity contribution in [2.45, 2.75) is 30.3 Å². The molecule has 128 valence electrons. The number of carbonyl (C=O) groups excluding carboxylic acids is 1. The van der Waals surface area contributed by atoms with Gasteiger partial charge in [0.25, 0.3) is 0 Å². The minimum absolute atomic E-state index is 0.00803. The number of methoxy groups -OCH3 is 1. The molecule has 1 aromatic carbocycles. The highest BCUT2D eigenvalue weighted by Gasteiger charge is 2.27. The van der Waals surface area contributed by atoms with E-state index in [9.17, 15) is 13.2 Å². The molecular formula is C14H22N4O4S. The zero-order chi connectivity index (χ0) is 17.2. The number of nitrogens with zero attached hydrogens (tertiary/aromatic N) is 1. The van der Waals surface area contributed by atoms with Crippen molar-refractivity contribution in [2.75, 3.05) is 26.5 Å². The molecule has 1 aromatic rings. The first-order valence-electron chi connectivity index (χ1n) is 7.18. The fourth-order valence-electron chi connectivity index (χ4n) is 2.27. The lowest BCUT2D eigenvalue weighted by Crippen LogP contribution is -2.40. The highest BCUT2D eigenvalue weighted by Crippen LogP contribution is 2.29. The van der Waals surface area contributed by atoms with Crippen molar-refractivity contribution in [3.63, 3.8) is 0 Å². The standard InChI is InChI=1S/C14H22N4O4S/c1-9-7-11(17-16-9)14(19)15-10-5-6-12(22-4)13(8-10)23(20,21)18(2)3/h5-6,8-9,11,16-17H,7H2,1-4H3,(H,15,19). The molecule has 0 bridgehead atoms. The lowest BCUT2D eigenvalue weighted by atomic mass is 10.1. The summed E-state index contributed by atoms with van der Waals surface area (Å²) in [5.74, 6) is 0.00574. The molecule has 9 heteroatoms. The van der Waals surface area contributed by atoms with Gasteiger partial charge in [0, 0.05) is 25.8 Å². The van der Waals surface area contributed by atoms with Gasteiger partial charge in [0.1, 0.15) is 16.7 Å². The normalized spacial score (nSPS) is 21.4. The summed E-state index contributed by atoms with van der Waals surface area (Å²) in [4.78, 5) is 12.2. The lowest BCUT2D eigenvalue weighted by Gasteiger charge is -2.16. The smallest absolute Gasteiger partial charge is 0.246 e. The van der Waals surface area contributed by atoms with Crippen molar-refractivity contribution >= 4 is 21.6 Å². The minimum Gasteiger partial charge on any atom is -0.495 e. The molecule has 1 aliphatic heterocycles. The van der Waals surface area contributed by atoms with Crippen LogP contribution in [0.3, 0.4) is 0 Å². The Balaban J connectivity index is 2.26. The number of rotatable bonds is 5. The number of nitrogens with one attached hydrogen (secondary N) is 3. The molecule has 0 aromatic heterocycles. The quantitative estimate of drug-likeness (QED) is 0.704. The van der Waals surface area contributed by atoms with Gasteiger partial charge >= 0.3 is 0 Å². The van der Waals surface area contributed by atoms with Crippen molar-refractivity contribution < 1.29 is 17.9 Å². The molecule has 2 atom stereocenters. The van der Waals surface area contributed by atoms with Crippen LogP contribution in [0.1, 0.15) is 13.3 Å². The third-order valence-corrected chi connectivity index (χ3v) is 5.44. The van der Waals surface area contributed by atoms with Crippen LogP contribution in [0.5, 0.6) is 5.75 Å². The van der Waals surface area contributed by atoms with Crippen LogP contribution in [0.15, 0.2) is 23.1 Å². The molecular weight excluding hydrogens is 320 g/mol. The maximum absolute atomic E-state index is 12.4. The van der Waals surface area contributed by atoms with Gasteiger partial charge in [0.15, 0.2) is 0 Å². The second-order valence-electron chi connectivity index (χ2n) is 5.62. The molecule has 8 nitrogen and oxygen atoms in total. The molecule has 0 radical (unpaired) electrons. The van der Waals surface area contributed by atoms with E-state index < -0.39 is 10.0 Å². The monoisotopic (exact) mass is 342 g/mol. The van der Waals surface area contributed by atoms with Gasteiger partial charge in [-0.25, -0.2) is 18.1 Å². The summed E-state index contributed by atoms with van der Waals surface area (Å²) >= 11 is 0. The molecule has 2 unspecified atom stereocenters. The predicted molar refractivity (Wildman–Crippen MR) is 86.6 cm³/mol. The van der Waals surface area contributed by atoms with E-state index in [4.69, 9.17) is 4.74 Å². The molecule has 1 aliphatic rings. The number of amides is 1. The Kier molecular flexibility index (Phi) is 5.25. The minimum atomic E-state index is -3.68. The van der Waals surface area contributed by atoms with Gasteiger partial charge in [0.2, 0.25) is 15.9 Å². The Bertz CT molecular complexity index is 690. The van der Waals surface area contributed by atoms with Gasteiger partial charge in [-0.15, -0.1) is 0 Å². The molecule has 1 saturated heterocycles. The van der Waals surface area contributed by atoms with E-state index in [2.05, 4.69) is 16.2 Å². The zero-order valence-corrected chi connectivity index (χ0v) is 14.4. The van der Waals surface area contributed by atoms with Gasteiger partial charge in [-0.05, 0) is 31.5 Å². The van der Waals surface area contributed by atoms with Crippen LogP contribution < -0.4 is 20.9 Å². The highest BCUT2D eigenvalue weighted by atomic mass is 32.2. The number of benzene rings is 1. The molecule has 1 heterocycles. The fraction of sp³-hybridized carbons (Fsp3) is 0.500. The van der Waals surface area contributed by atoms with Crippen LogP contribution >= 0.6 is 0 Å². The van der Waals surface area contributed by atoms with Gasteiger partial charge in [-0.3, -0.25) is 10.2 Å². The van der Waals surface area contributed by atoms with E-state index in [1.54, 1.807) is 6.07 Å². The first kappa shape index (κ1) is 17.7. The number of anilines is 1. The Morgan fingerprint density at radius 3 is 2.57 bits per heavy atom. The van der Waals surface area contributed by atoms with Crippen LogP contribution in [-0.4, -0.2) is 51.9 Å². The number of carbonyl (C=O) groups is 1. The van der Waals surface area contributed by atoms with Crippen molar-refractivity contribution in [3.8, 4) is 5.75 Å². The fourth-order valence-corrected chi connectivity index (χ4v) is 3.34. The molecule has 3 N–H and O–H groups in total. The predicted octanol–water partition coefficient (Wildman–Crippen LogP) is 0.139. The third kappa shape index (κ3) is 3.81. The number of sulfonamides is 1. The summed E-state index contributed by atoms with van der Waals surface area (Å²) in [6, 6.07) is 4.37. The van der Waals surface area contributed by atoms with E-state index in [1.807, 2.05) is 6.92 Å². The summed E-state index contributed by atoms with van der Waals surface area (Å²) < 4.78 is 30.9. The first-order chi connectivity index (χ1) is 10.8. The molecule has 0 saturated carbocycles. The Morgan fingerprint density at radius 1 is 1.35 bits per heavy atom. The maximum Gasteiger partial charge on any atom is 0.246 e. The van der Waals surface area contributed by atoms with Crippen LogP contribution in [0.4, 0.5) is 5.69 Å². The summed E-state index contributed by atoms with van der Waals surface area (Å²) in [5, 5.41) is 2.73. The summed E-state index contributed by atoms with van der Waals surface area (Å²) in [7, 11) is 0.604. The van der Waals surface area contributed by atoms with Gasteiger partial charge in [0.05, 0.1) is 7.11 Å². The van der Waals surface area contributed by atoms with Crippen molar-refractivity contribution in [3.05, 3.63) is 18.2 Å². The number of hydrogen-bond acceptors (Lipinski definition) is 6. The van der Waals surface area contributed by atoms with E-state index in [-0.39, 0.29) is 28.6 Å². The topological polar surface area (TPSA) is 99.8 Å². The molecule has 0 aliphatic carbocycles. The summed E-state index contributed by atoms with van der Waals surface area (Å²) in [6.45, 7) is 1.97. The third-order valence-electron chi connectivity index (χ3n) is 3.60. The second kappa shape index (κ2) is 6.83. The van der Waals surface area contributed by atoms with E-state index in [0.29, 0.717) is 12.1 Å². The van der Waals surface area contributed by atoms with Gasteiger partial charge < -0.3 is 10.1 Å². The van der Waals surface area contributed by atoms with Crippen LogP contribution in [0.25, 0.3) is 0 Å². The SMILES string of the molecule is COc1ccc(NC(=O)C2CC(C)NN2)cc1S(=O)(=O)N(C)C. The largest absolute Gasteiger partial charge is 0.495 e. The molecule has 2 rings (SSSR count). The van der Waals surface area contributed by atoms with Crippen molar-refractivity contribution in [1.82, 2.24) is 15.2 Å². The number of hydrogen-bond donors (Lipinski definition) is 3. The Morgan fingerprint density at radius 2 is 2.04 bits per heavy atom. The first-order valence-corrected chi connectivity index (χ1v) is 8.62. The number of hydrazine groups is 1. The summed E-state index contributed by atoms with van der Waals surface area (Å²) in [6.07, 6.45) is 0.658. The maximum atomic E-state index is 12.4. The van der Waals surface area contributed by atoms with Crippen LogP contribution in [-0.2, 0) is 14.8 Å². The van der Waals surface area contributed by atoms with E-state index >= 15 is 0 Å². The van der Waals surface area contributed by atoms with Crippen LogP contribution in [0.2, 0.25) is 0 Å². The van der Waals surface area contributed by atoms with E-state index in [0.717, 1.165) is 4.31 Å². The Hall–Kier alpha value is -1.68. The van der Waals surface area contributed by atoms with Crippen molar-refractivity contribution in [2.24, 2.45) is 0 Å². The van der Waals surface area contributed by atoms with Gasteiger partial charge in [-0.1, -0.05) is 0 Å². The number of ether oxygens (including phenoxy) is 1. The lowest BCUT2D eigenvalue weighted by molar-refractivity contribution is -0.117. The van der Waals surface area contributed by atoms with Gasteiger partial charge in [-0.2, -0.15) is 0 Å². The highest BCUT2D eigenvalue weighted by molar-refractivity contribution is 7.89. The second-order valence-corrected chi connectivity index (χ2v) is 7.74. The van der Waals surface area contributed by atoms with Crippen LogP contribution in [0, 0.1) is 0 Å². The molecule has 0 spiro atoms. The Labute approximate surface area is 136 Å². The summed E-state index contributed by atoms with van der Waals surface area (Å²) in [5.41, 5.74) is 6.27. The zero-order valence-electron chi connectivity index (χ0n) is 13.6. The molecule has 1 fully saturated rings.